The zero-order valence-corrected chi connectivity index (χ0v) is 11.1. The van der Waals surface area contributed by atoms with Crippen molar-refractivity contribution in [2.75, 3.05) is 32.7 Å². The van der Waals surface area contributed by atoms with Crippen LogP contribution < -0.4 is 5.32 Å². The quantitative estimate of drug-likeness (QED) is 0.782. The van der Waals surface area contributed by atoms with Crippen LogP contribution in [0.5, 0.6) is 0 Å². The molecule has 3 heteroatoms. The lowest BCUT2D eigenvalue weighted by molar-refractivity contribution is -0.00640. The summed E-state index contributed by atoms with van der Waals surface area (Å²) in [5.41, 5.74) is 0. The van der Waals surface area contributed by atoms with Gasteiger partial charge in [-0.15, -0.1) is 0 Å². The maximum Gasteiger partial charge on any atom is 0.0731 e. The molecule has 2 heterocycles. The number of nitrogens with one attached hydrogen (secondary N) is 1. The molecular weight excluding hydrogens is 198 g/mol. The predicted octanol–water partition coefficient (Wildman–Crippen LogP) is 1.36. The van der Waals surface area contributed by atoms with E-state index in [1.165, 1.54) is 45.6 Å². The van der Waals surface area contributed by atoms with Crippen molar-refractivity contribution in [3.05, 3.63) is 0 Å². The molecule has 0 bridgehead atoms. The van der Waals surface area contributed by atoms with E-state index in [1.807, 2.05) is 0 Å². The van der Waals surface area contributed by atoms with Crippen molar-refractivity contribution >= 4 is 0 Å². The zero-order chi connectivity index (χ0) is 11.5. The van der Waals surface area contributed by atoms with Gasteiger partial charge in [0.05, 0.1) is 6.17 Å². The van der Waals surface area contributed by atoms with Gasteiger partial charge in [-0.1, -0.05) is 20.3 Å². The van der Waals surface area contributed by atoms with Crippen LogP contribution in [0.3, 0.4) is 0 Å². The Morgan fingerprint density at radius 3 is 2.94 bits per heavy atom. The van der Waals surface area contributed by atoms with Crippen molar-refractivity contribution in [3.8, 4) is 0 Å². The molecule has 2 saturated heterocycles. The van der Waals surface area contributed by atoms with Crippen LogP contribution in [0.15, 0.2) is 0 Å². The summed E-state index contributed by atoms with van der Waals surface area (Å²) in [6.07, 6.45) is 3.22. The molecule has 0 aliphatic carbocycles. The Balaban J connectivity index is 1.89. The summed E-state index contributed by atoms with van der Waals surface area (Å²) in [5, 5.41) is 3.66. The Kier molecular flexibility index (Phi) is 4.22. The maximum absolute atomic E-state index is 3.66. The Morgan fingerprint density at radius 1 is 1.38 bits per heavy atom. The van der Waals surface area contributed by atoms with Crippen LogP contribution in [-0.4, -0.2) is 54.7 Å². The van der Waals surface area contributed by atoms with Gasteiger partial charge in [0.1, 0.15) is 0 Å². The first-order chi connectivity index (χ1) is 7.70. The lowest BCUT2D eigenvalue weighted by Gasteiger charge is -2.48. The van der Waals surface area contributed by atoms with Crippen molar-refractivity contribution in [2.45, 2.75) is 45.8 Å². The molecular formula is C13H27N3. The monoisotopic (exact) mass is 225 g/mol. The molecule has 0 aromatic rings. The average Bonchev–Trinajstić information content (AvgIpc) is 2.29. The smallest absolute Gasteiger partial charge is 0.0731 e. The number of hydrogen-bond acceptors (Lipinski definition) is 3. The number of fused-ring (bicyclic) bond motifs is 1. The number of hydrogen-bond donors (Lipinski definition) is 1. The summed E-state index contributed by atoms with van der Waals surface area (Å²) in [6, 6.07) is 0.718. The highest BCUT2D eigenvalue weighted by Crippen LogP contribution is 2.18. The third-order valence-corrected chi connectivity index (χ3v) is 4.16. The molecule has 0 radical (unpaired) electrons. The van der Waals surface area contributed by atoms with Gasteiger partial charge >= 0.3 is 0 Å². The molecule has 0 amide bonds. The molecule has 3 atom stereocenters. The largest absolute Gasteiger partial charge is 0.301 e. The lowest BCUT2D eigenvalue weighted by Crippen LogP contribution is -2.65. The summed E-state index contributed by atoms with van der Waals surface area (Å²) < 4.78 is 0. The molecule has 0 saturated carbocycles. The molecule has 3 nitrogen and oxygen atoms in total. The normalized spacial score (nSPS) is 34.7. The van der Waals surface area contributed by atoms with Crippen molar-refractivity contribution in [1.29, 1.82) is 0 Å². The molecule has 0 spiro atoms. The fourth-order valence-electron chi connectivity index (χ4n) is 3.02. The van der Waals surface area contributed by atoms with E-state index in [-0.39, 0.29) is 0 Å². The Hall–Kier alpha value is -0.120. The fraction of sp³-hybridized carbons (Fsp3) is 1.00. The summed E-state index contributed by atoms with van der Waals surface area (Å²) in [7, 11) is 0. The maximum atomic E-state index is 3.66. The van der Waals surface area contributed by atoms with Gasteiger partial charge in [-0.25, -0.2) is 0 Å². The first-order valence-corrected chi connectivity index (χ1v) is 6.92. The zero-order valence-electron chi connectivity index (χ0n) is 11.1. The van der Waals surface area contributed by atoms with Gasteiger partial charge in [0.2, 0.25) is 0 Å². The van der Waals surface area contributed by atoms with Gasteiger partial charge in [0, 0.05) is 32.2 Å². The summed E-state index contributed by atoms with van der Waals surface area (Å²) in [4.78, 5) is 5.30. The van der Waals surface area contributed by atoms with Crippen LogP contribution in [0.25, 0.3) is 0 Å². The third kappa shape index (κ3) is 2.76. The van der Waals surface area contributed by atoms with Gasteiger partial charge in [-0.2, -0.15) is 0 Å². The third-order valence-electron chi connectivity index (χ3n) is 4.16. The van der Waals surface area contributed by atoms with Crippen LogP contribution in [0, 0.1) is 5.92 Å². The molecule has 2 aliphatic rings. The lowest BCUT2D eigenvalue weighted by atomic mass is 10.0. The molecule has 2 aliphatic heterocycles. The minimum absolute atomic E-state index is 0.613. The van der Waals surface area contributed by atoms with Gasteiger partial charge in [-0.3, -0.25) is 9.80 Å². The molecule has 16 heavy (non-hydrogen) atoms. The molecule has 2 rings (SSSR count). The molecule has 2 fully saturated rings. The number of rotatable bonds is 3. The minimum atomic E-state index is 0.613. The molecule has 0 aromatic heterocycles. The fourth-order valence-corrected chi connectivity index (χ4v) is 3.02. The van der Waals surface area contributed by atoms with Crippen molar-refractivity contribution in [1.82, 2.24) is 15.1 Å². The average molecular weight is 225 g/mol. The second kappa shape index (κ2) is 5.48. The van der Waals surface area contributed by atoms with Crippen LogP contribution >= 0.6 is 0 Å². The molecule has 2 unspecified atom stereocenters. The molecule has 94 valence electrons. The van der Waals surface area contributed by atoms with E-state index in [0.717, 1.165) is 12.0 Å². The summed E-state index contributed by atoms with van der Waals surface area (Å²) in [6.45, 7) is 13.3. The Morgan fingerprint density at radius 2 is 2.19 bits per heavy atom. The van der Waals surface area contributed by atoms with Gasteiger partial charge in [0.25, 0.3) is 0 Å². The van der Waals surface area contributed by atoms with E-state index in [1.54, 1.807) is 0 Å². The van der Waals surface area contributed by atoms with Gasteiger partial charge in [0.15, 0.2) is 0 Å². The Bertz CT molecular complexity index is 219. The van der Waals surface area contributed by atoms with Crippen LogP contribution in [0.2, 0.25) is 0 Å². The number of nitrogens with zero attached hydrogens (tertiary/aromatic N) is 2. The number of piperazine rings is 1. The highest BCUT2D eigenvalue weighted by Gasteiger charge is 2.33. The highest BCUT2D eigenvalue weighted by molar-refractivity contribution is 4.88. The van der Waals surface area contributed by atoms with Crippen molar-refractivity contribution < 1.29 is 0 Å². The summed E-state index contributed by atoms with van der Waals surface area (Å²) >= 11 is 0. The predicted molar refractivity (Wildman–Crippen MR) is 68.5 cm³/mol. The van der Waals surface area contributed by atoms with E-state index < -0.39 is 0 Å². The second-order valence-electron chi connectivity index (χ2n) is 5.64. The van der Waals surface area contributed by atoms with E-state index in [9.17, 15) is 0 Å². The second-order valence-corrected chi connectivity index (χ2v) is 5.64. The first kappa shape index (κ1) is 12.3. The topological polar surface area (TPSA) is 18.5 Å². The highest BCUT2D eigenvalue weighted by atomic mass is 15.4. The van der Waals surface area contributed by atoms with Crippen LogP contribution in [-0.2, 0) is 0 Å². The minimum Gasteiger partial charge on any atom is -0.301 e. The summed E-state index contributed by atoms with van der Waals surface area (Å²) in [5.74, 6) is 0.836. The van der Waals surface area contributed by atoms with E-state index in [2.05, 4.69) is 35.9 Å². The first-order valence-electron chi connectivity index (χ1n) is 6.92. The standard InChI is InChI=1S/C13H27N3/c1-4-11(2)8-15-9-12(3)16-7-5-6-14-13(16)10-15/h11-14H,4-10H2,1-3H3/t11?,12-,13?/m0/s1. The van der Waals surface area contributed by atoms with Crippen molar-refractivity contribution in [2.24, 2.45) is 5.92 Å². The van der Waals surface area contributed by atoms with Gasteiger partial charge in [-0.05, 0) is 25.8 Å². The van der Waals surface area contributed by atoms with E-state index >= 15 is 0 Å². The SMILES string of the molecule is CCC(C)CN1CC2NCCCN2[C@@H](C)C1. The van der Waals surface area contributed by atoms with E-state index in [0.29, 0.717) is 6.17 Å². The van der Waals surface area contributed by atoms with E-state index in [4.69, 9.17) is 0 Å². The van der Waals surface area contributed by atoms with Crippen LogP contribution in [0.1, 0.15) is 33.6 Å². The van der Waals surface area contributed by atoms with Crippen molar-refractivity contribution in [3.63, 3.8) is 0 Å². The van der Waals surface area contributed by atoms with Crippen LogP contribution in [0.4, 0.5) is 0 Å². The van der Waals surface area contributed by atoms with Gasteiger partial charge < -0.3 is 5.32 Å². The Labute approximate surface area is 100 Å². The molecule has 0 aromatic carbocycles. The molecule has 1 N–H and O–H groups in total.